The lowest BCUT2D eigenvalue weighted by molar-refractivity contribution is 0.0696. The van der Waals surface area contributed by atoms with Gasteiger partial charge in [0.2, 0.25) is 0 Å². The van der Waals surface area contributed by atoms with Crippen LogP contribution >= 0.6 is 15.9 Å². The van der Waals surface area contributed by atoms with E-state index in [1.165, 1.54) is 25.1 Å². The predicted molar refractivity (Wildman–Crippen MR) is 83.2 cm³/mol. The summed E-state index contributed by atoms with van der Waals surface area (Å²) < 4.78 is 25.8. The van der Waals surface area contributed by atoms with Crippen LogP contribution in [0.3, 0.4) is 0 Å². The standard InChI is InChI=1S/C15H13BrO4S/c1-10-13(15(17)18)3-2-4-14(10)21(19,20)9-11-5-7-12(16)8-6-11/h2-8H,9H2,1H3,(H,17,18). The second kappa shape index (κ2) is 5.99. The molecule has 0 bridgehead atoms. The van der Waals surface area contributed by atoms with Crippen LogP contribution in [0.4, 0.5) is 0 Å². The van der Waals surface area contributed by atoms with Crippen molar-refractivity contribution in [2.75, 3.05) is 0 Å². The quantitative estimate of drug-likeness (QED) is 0.896. The summed E-state index contributed by atoms with van der Waals surface area (Å²) >= 11 is 3.29. The Morgan fingerprint density at radius 1 is 1.14 bits per heavy atom. The van der Waals surface area contributed by atoms with Gasteiger partial charge in [-0.15, -0.1) is 0 Å². The topological polar surface area (TPSA) is 71.4 Å². The molecule has 110 valence electrons. The molecule has 0 unspecified atom stereocenters. The minimum Gasteiger partial charge on any atom is -0.478 e. The number of rotatable bonds is 4. The summed E-state index contributed by atoms with van der Waals surface area (Å²) in [6.07, 6.45) is 0. The first-order chi connectivity index (χ1) is 9.81. The molecule has 0 saturated carbocycles. The van der Waals surface area contributed by atoms with Gasteiger partial charge in [0.05, 0.1) is 16.2 Å². The molecule has 0 aromatic heterocycles. The number of carboxylic acid groups (broad SMARTS) is 1. The molecule has 2 rings (SSSR count). The van der Waals surface area contributed by atoms with Crippen molar-refractivity contribution >= 4 is 31.7 Å². The predicted octanol–water partition coefficient (Wildman–Crippen LogP) is 3.43. The summed E-state index contributed by atoms with van der Waals surface area (Å²) in [4.78, 5) is 11.2. The number of sulfone groups is 1. The van der Waals surface area contributed by atoms with Crippen LogP contribution < -0.4 is 0 Å². The highest BCUT2D eigenvalue weighted by Crippen LogP contribution is 2.23. The molecule has 21 heavy (non-hydrogen) atoms. The molecule has 0 spiro atoms. The molecule has 1 N–H and O–H groups in total. The molecule has 2 aromatic rings. The normalized spacial score (nSPS) is 11.3. The second-order valence-corrected chi connectivity index (χ2v) is 7.49. The lowest BCUT2D eigenvalue weighted by atomic mass is 10.1. The van der Waals surface area contributed by atoms with Gasteiger partial charge in [-0.1, -0.05) is 34.1 Å². The molecule has 0 radical (unpaired) electrons. The molecule has 2 aromatic carbocycles. The lowest BCUT2D eigenvalue weighted by Crippen LogP contribution is -2.10. The van der Waals surface area contributed by atoms with Crippen LogP contribution in [0.25, 0.3) is 0 Å². The van der Waals surface area contributed by atoms with Gasteiger partial charge in [0.1, 0.15) is 0 Å². The maximum absolute atomic E-state index is 12.5. The van der Waals surface area contributed by atoms with Gasteiger partial charge in [-0.05, 0) is 42.3 Å². The highest BCUT2D eigenvalue weighted by atomic mass is 79.9. The third kappa shape index (κ3) is 3.51. The Morgan fingerprint density at radius 2 is 1.76 bits per heavy atom. The molecule has 0 atom stereocenters. The van der Waals surface area contributed by atoms with E-state index in [1.807, 2.05) is 0 Å². The number of carboxylic acids is 1. The van der Waals surface area contributed by atoms with Crippen molar-refractivity contribution < 1.29 is 18.3 Å². The molecule has 4 nitrogen and oxygen atoms in total. The van der Waals surface area contributed by atoms with Crippen LogP contribution in [0.15, 0.2) is 51.8 Å². The molecule has 6 heteroatoms. The summed E-state index contributed by atoms with van der Waals surface area (Å²) in [5.41, 5.74) is 0.923. The van der Waals surface area contributed by atoms with Crippen molar-refractivity contribution in [1.29, 1.82) is 0 Å². The first-order valence-electron chi connectivity index (χ1n) is 6.11. The summed E-state index contributed by atoms with van der Waals surface area (Å²) in [7, 11) is -3.59. The van der Waals surface area contributed by atoms with Gasteiger partial charge in [0, 0.05) is 4.47 Å². The fourth-order valence-corrected chi connectivity index (χ4v) is 3.97. The zero-order chi connectivity index (χ0) is 15.6. The van der Waals surface area contributed by atoms with Crippen LogP contribution in [0, 0.1) is 6.92 Å². The van der Waals surface area contributed by atoms with Crippen molar-refractivity contribution in [3.05, 3.63) is 63.6 Å². The maximum Gasteiger partial charge on any atom is 0.335 e. The number of hydrogen-bond acceptors (Lipinski definition) is 3. The van der Waals surface area contributed by atoms with Crippen LogP contribution in [-0.2, 0) is 15.6 Å². The smallest absolute Gasteiger partial charge is 0.335 e. The third-order valence-corrected chi connectivity index (χ3v) is 5.47. The molecule has 0 heterocycles. The minimum atomic E-state index is -3.59. The zero-order valence-electron chi connectivity index (χ0n) is 11.2. The summed E-state index contributed by atoms with van der Waals surface area (Å²) in [5.74, 6) is -1.29. The highest BCUT2D eigenvalue weighted by Gasteiger charge is 2.21. The van der Waals surface area contributed by atoms with Crippen LogP contribution in [0.2, 0.25) is 0 Å². The molecule has 0 aliphatic heterocycles. The fraction of sp³-hybridized carbons (Fsp3) is 0.133. The third-order valence-electron chi connectivity index (χ3n) is 3.12. The van der Waals surface area contributed by atoms with Crippen molar-refractivity contribution in [1.82, 2.24) is 0 Å². The minimum absolute atomic E-state index is 0.00637. The summed E-state index contributed by atoms with van der Waals surface area (Å²) in [5, 5.41) is 9.08. The van der Waals surface area contributed by atoms with Gasteiger partial charge in [-0.25, -0.2) is 13.2 Å². The molecular formula is C15H13BrO4S. The van der Waals surface area contributed by atoms with Crippen LogP contribution in [0.1, 0.15) is 21.5 Å². The fourth-order valence-electron chi connectivity index (χ4n) is 2.06. The number of aromatic carboxylic acids is 1. The van der Waals surface area contributed by atoms with Crippen molar-refractivity contribution in [2.24, 2.45) is 0 Å². The van der Waals surface area contributed by atoms with Crippen LogP contribution in [-0.4, -0.2) is 19.5 Å². The lowest BCUT2D eigenvalue weighted by Gasteiger charge is -2.10. The molecule has 0 saturated heterocycles. The first kappa shape index (κ1) is 15.7. The second-order valence-electron chi connectivity index (χ2n) is 4.62. The van der Waals surface area contributed by atoms with E-state index in [-0.39, 0.29) is 21.8 Å². The van der Waals surface area contributed by atoms with E-state index >= 15 is 0 Å². The number of hydrogen-bond donors (Lipinski definition) is 1. The highest BCUT2D eigenvalue weighted by molar-refractivity contribution is 9.10. The summed E-state index contributed by atoms with van der Waals surface area (Å²) in [6, 6.07) is 11.3. The molecule has 0 fully saturated rings. The van der Waals surface area contributed by atoms with Gasteiger partial charge < -0.3 is 5.11 Å². The van der Waals surface area contributed by atoms with Crippen molar-refractivity contribution in [2.45, 2.75) is 17.6 Å². The average molecular weight is 369 g/mol. The van der Waals surface area contributed by atoms with E-state index in [1.54, 1.807) is 24.3 Å². The molecular weight excluding hydrogens is 356 g/mol. The van der Waals surface area contributed by atoms with E-state index < -0.39 is 15.8 Å². The van der Waals surface area contributed by atoms with Crippen LogP contribution in [0.5, 0.6) is 0 Å². The van der Waals surface area contributed by atoms with Gasteiger partial charge in [0.15, 0.2) is 9.84 Å². The van der Waals surface area contributed by atoms with Gasteiger partial charge >= 0.3 is 5.97 Å². The Bertz CT molecular complexity index is 780. The SMILES string of the molecule is Cc1c(C(=O)O)cccc1S(=O)(=O)Cc1ccc(Br)cc1. The Kier molecular flexibility index (Phi) is 4.49. The largest absolute Gasteiger partial charge is 0.478 e. The van der Waals surface area contributed by atoms with Gasteiger partial charge in [0.25, 0.3) is 0 Å². The van der Waals surface area contributed by atoms with E-state index in [0.717, 1.165) is 4.47 Å². The van der Waals surface area contributed by atoms with E-state index in [0.29, 0.717) is 5.56 Å². The van der Waals surface area contributed by atoms with Gasteiger partial charge in [-0.3, -0.25) is 0 Å². The number of halogens is 1. The van der Waals surface area contributed by atoms with Crippen molar-refractivity contribution in [3.8, 4) is 0 Å². The van der Waals surface area contributed by atoms with E-state index in [9.17, 15) is 13.2 Å². The monoisotopic (exact) mass is 368 g/mol. The maximum atomic E-state index is 12.5. The zero-order valence-corrected chi connectivity index (χ0v) is 13.6. The number of carbonyl (C=O) groups is 1. The number of benzene rings is 2. The van der Waals surface area contributed by atoms with Crippen molar-refractivity contribution in [3.63, 3.8) is 0 Å². The first-order valence-corrected chi connectivity index (χ1v) is 8.56. The molecule has 0 aliphatic carbocycles. The van der Waals surface area contributed by atoms with E-state index in [4.69, 9.17) is 5.11 Å². The van der Waals surface area contributed by atoms with E-state index in [2.05, 4.69) is 15.9 Å². The average Bonchev–Trinajstić information content (AvgIpc) is 2.41. The van der Waals surface area contributed by atoms with Gasteiger partial charge in [-0.2, -0.15) is 0 Å². The Labute approximate surface area is 131 Å². The molecule has 0 aliphatic rings. The Morgan fingerprint density at radius 3 is 2.33 bits per heavy atom. The molecule has 0 amide bonds. The Balaban J connectivity index is 2.42. The summed E-state index contributed by atoms with van der Waals surface area (Å²) in [6.45, 7) is 1.51. The Hall–Kier alpha value is -1.66.